The maximum Gasteiger partial charge on any atom is 0.191 e. The molecule has 1 saturated carbocycles. The van der Waals surface area contributed by atoms with Crippen molar-refractivity contribution in [2.75, 3.05) is 20.1 Å². The summed E-state index contributed by atoms with van der Waals surface area (Å²) >= 11 is 3.62. The minimum atomic E-state index is 0. The van der Waals surface area contributed by atoms with E-state index in [-0.39, 0.29) is 29.4 Å². The molecule has 0 bridgehead atoms. The van der Waals surface area contributed by atoms with Crippen molar-refractivity contribution < 1.29 is 0 Å². The van der Waals surface area contributed by atoms with Crippen LogP contribution in [0.1, 0.15) is 44.0 Å². The lowest BCUT2D eigenvalue weighted by Crippen LogP contribution is -2.45. The number of hydrogen-bond acceptors (Lipinski definition) is 3. The van der Waals surface area contributed by atoms with Gasteiger partial charge < -0.3 is 15.2 Å². The normalized spacial score (nSPS) is 15.9. The van der Waals surface area contributed by atoms with Crippen LogP contribution in [0.3, 0.4) is 0 Å². The molecule has 1 heterocycles. The van der Waals surface area contributed by atoms with Crippen molar-refractivity contribution in [2.45, 2.75) is 51.0 Å². The van der Waals surface area contributed by atoms with Gasteiger partial charge in [0.05, 0.1) is 0 Å². The summed E-state index contributed by atoms with van der Waals surface area (Å²) < 4.78 is 3.23. The number of nitrogens with one attached hydrogen (secondary N) is 2. The molecule has 2 N–H and O–H groups in total. The van der Waals surface area contributed by atoms with E-state index in [2.05, 4.69) is 77.5 Å². The van der Waals surface area contributed by atoms with Gasteiger partial charge in [0.25, 0.3) is 0 Å². The largest absolute Gasteiger partial charge is 0.356 e. The number of benzene rings is 1. The molecular weight excluding hydrogens is 531 g/mol. The van der Waals surface area contributed by atoms with Crippen molar-refractivity contribution in [3.8, 4) is 0 Å². The minimum absolute atomic E-state index is 0. The van der Waals surface area contributed by atoms with Crippen LogP contribution in [-0.4, -0.2) is 40.9 Å². The molecular formula is C20H30BrIN6. The van der Waals surface area contributed by atoms with E-state index in [0.717, 1.165) is 42.3 Å². The number of guanidine groups is 1. The van der Waals surface area contributed by atoms with Crippen LogP contribution in [0.2, 0.25) is 0 Å². The highest BCUT2D eigenvalue weighted by Crippen LogP contribution is 2.41. The molecule has 0 atom stereocenters. The van der Waals surface area contributed by atoms with Gasteiger partial charge in [-0.25, -0.2) is 0 Å². The number of aromatic nitrogens is 3. The molecule has 0 radical (unpaired) electrons. The molecule has 6 nitrogen and oxygen atoms in total. The third-order valence-electron chi connectivity index (χ3n) is 5.47. The highest BCUT2D eigenvalue weighted by molar-refractivity contribution is 14.0. The summed E-state index contributed by atoms with van der Waals surface area (Å²) in [4.78, 5) is 4.40. The number of halogens is 2. The van der Waals surface area contributed by atoms with Gasteiger partial charge >= 0.3 is 0 Å². The Kier molecular flexibility index (Phi) is 9.20. The first-order chi connectivity index (χ1) is 13.2. The van der Waals surface area contributed by atoms with Gasteiger partial charge in [-0.1, -0.05) is 47.8 Å². The van der Waals surface area contributed by atoms with Gasteiger partial charge in [-0.05, 0) is 30.5 Å². The maximum atomic E-state index is 4.40. The fraction of sp³-hybridized carbons (Fsp3) is 0.550. The van der Waals surface area contributed by atoms with E-state index in [9.17, 15) is 0 Å². The van der Waals surface area contributed by atoms with Crippen LogP contribution >= 0.6 is 39.9 Å². The Morgan fingerprint density at radius 3 is 2.75 bits per heavy atom. The van der Waals surface area contributed by atoms with Gasteiger partial charge in [0.15, 0.2) is 5.96 Å². The molecule has 154 valence electrons. The summed E-state index contributed by atoms with van der Waals surface area (Å²) in [7, 11) is 1.83. The maximum absolute atomic E-state index is 4.40. The molecule has 1 aromatic carbocycles. The van der Waals surface area contributed by atoms with E-state index in [4.69, 9.17) is 0 Å². The predicted molar refractivity (Wildman–Crippen MR) is 128 cm³/mol. The molecule has 1 aromatic heterocycles. The summed E-state index contributed by atoms with van der Waals surface area (Å²) in [6, 6.07) is 8.75. The number of hydrogen-bond donors (Lipinski definition) is 2. The van der Waals surface area contributed by atoms with E-state index in [0.29, 0.717) is 0 Å². The molecule has 1 fully saturated rings. The SMILES string of the molecule is CCc1nncn1CCNC(=NC)NCC1(c2cccc(Br)c2)CCCC1.I. The summed E-state index contributed by atoms with van der Waals surface area (Å²) in [6.07, 6.45) is 7.68. The topological polar surface area (TPSA) is 67.1 Å². The second-order valence-corrected chi connectivity index (χ2v) is 8.06. The van der Waals surface area contributed by atoms with Crippen LogP contribution in [0.5, 0.6) is 0 Å². The fourth-order valence-corrected chi connectivity index (χ4v) is 4.34. The summed E-state index contributed by atoms with van der Waals surface area (Å²) in [5.41, 5.74) is 1.60. The Labute approximate surface area is 193 Å². The average molecular weight is 561 g/mol. The van der Waals surface area contributed by atoms with Crippen molar-refractivity contribution in [1.29, 1.82) is 0 Å². The van der Waals surface area contributed by atoms with Crippen molar-refractivity contribution in [1.82, 2.24) is 25.4 Å². The van der Waals surface area contributed by atoms with Crippen LogP contribution < -0.4 is 10.6 Å². The second-order valence-electron chi connectivity index (χ2n) is 7.14. The van der Waals surface area contributed by atoms with Crippen LogP contribution in [0, 0.1) is 0 Å². The summed E-state index contributed by atoms with van der Waals surface area (Å²) in [5, 5.41) is 15.1. The first kappa shape index (κ1) is 23.1. The lowest BCUT2D eigenvalue weighted by atomic mass is 9.79. The molecule has 28 heavy (non-hydrogen) atoms. The lowest BCUT2D eigenvalue weighted by molar-refractivity contribution is 0.431. The molecule has 0 aliphatic heterocycles. The summed E-state index contributed by atoms with van der Waals surface area (Å²) in [5.74, 6) is 1.86. The molecule has 1 aliphatic rings. The van der Waals surface area contributed by atoms with Crippen LogP contribution in [0.25, 0.3) is 0 Å². The molecule has 1 aliphatic carbocycles. The fourth-order valence-electron chi connectivity index (χ4n) is 3.95. The van der Waals surface area contributed by atoms with Crippen molar-refractivity contribution in [2.24, 2.45) is 4.99 Å². The van der Waals surface area contributed by atoms with E-state index < -0.39 is 0 Å². The third kappa shape index (κ3) is 5.68. The van der Waals surface area contributed by atoms with Gasteiger partial charge in [0.1, 0.15) is 12.2 Å². The van der Waals surface area contributed by atoms with Crippen LogP contribution in [0.15, 0.2) is 40.1 Å². The van der Waals surface area contributed by atoms with Gasteiger partial charge in [-0.3, -0.25) is 4.99 Å². The number of nitrogens with zero attached hydrogens (tertiary/aromatic N) is 4. The Morgan fingerprint density at radius 2 is 2.07 bits per heavy atom. The van der Waals surface area contributed by atoms with Crippen LogP contribution in [0.4, 0.5) is 0 Å². The Hall–Kier alpha value is -1.16. The Balaban J connectivity index is 0.00000280. The standard InChI is InChI=1S/C20H29BrN6.HI/c1-3-18-26-25-15-27(18)12-11-23-19(22-2)24-14-20(9-4-5-10-20)16-7-6-8-17(21)13-16;/h6-8,13,15H,3-5,9-12,14H2,1-2H3,(H2,22,23,24);1H. The van der Waals surface area contributed by atoms with Gasteiger partial charge in [0.2, 0.25) is 0 Å². The third-order valence-corrected chi connectivity index (χ3v) is 5.97. The van der Waals surface area contributed by atoms with Crippen LogP contribution in [-0.2, 0) is 18.4 Å². The van der Waals surface area contributed by atoms with E-state index in [1.54, 1.807) is 6.33 Å². The Morgan fingerprint density at radius 1 is 1.29 bits per heavy atom. The monoisotopic (exact) mass is 560 g/mol. The van der Waals surface area contributed by atoms with Crippen molar-refractivity contribution >= 4 is 45.9 Å². The predicted octanol–water partition coefficient (Wildman–Crippen LogP) is 3.90. The number of aliphatic imine (C=N–C) groups is 1. The summed E-state index contributed by atoms with van der Waals surface area (Å²) in [6.45, 7) is 4.61. The zero-order chi connectivity index (χ0) is 19.1. The molecule has 0 amide bonds. The Bertz CT molecular complexity index is 770. The first-order valence-electron chi connectivity index (χ1n) is 9.74. The zero-order valence-electron chi connectivity index (χ0n) is 16.6. The van der Waals surface area contributed by atoms with Crippen molar-refractivity contribution in [3.05, 3.63) is 46.5 Å². The lowest BCUT2D eigenvalue weighted by Gasteiger charge is -2.31. The van der Waals surface area contributed by atoms with Gasteiger partial charge in [-0.15, -0.1) is 34.2 Å². The molecule has 2 aromatic rings. The highest BCUT2D eigenvalue weighted by Gasteiger charge is 2.35. The minimum Gasteiger partial charge on any atom is -0.356 e. The molecule has 8 heteroatoms. The molecule has 0 unspecified atom stereocenters. The first-order valence-corrected chi connectivity index (χ1v) is 10.5. The molecule has 3 rings (SSSR count). The second kappa shape index (κ2) is 11.1. The highest BCUT2D eigenvalue weighted by atomic mass is 127. The van der Waals surface area contributed by atoms with Gasteiger partial charge in [-0.2, -0.15) is 0 Å². The zero-order valence-corrected chi connectivity index (χ0v) is 20.5. The molecule has 0 spiro atoms. The van der Waals surface area contributed by atoms with Crippen molar-refractivity contribution in [3.63, 3.8) is 0 Å². The molecule has 0 saturated heterocycles. The smallest absolute Gasteiger partial charge is 0.191 e. The number of aryl methyl sites for hydroxylation is 1. The van der Waals surface area contributed by atoms with Gasteiger partial charge in [0, 0.05) is 43.0 Å². The van der Waals surface area contributed by atoms with E-state index in [1.165, 1.54) is 31.2 Å². The van der Waals surface area contributed by atoms with E-state index >= 15 is 0 Å². The number of rotatable bonds is 7. The quantitative estimate of drug-likeness (QED) is 0.306. The van der Waals surface area contributed by atoms with E-state index in [1.807, 2.05) is 7.05 Å². The average Bonchev–Trinajstić information content (AvgIpc) is 3.34.